The first-order valence-corrected chi connectivity index (χ1v) is 11.1. The summed E-state index contributed by atoms with van der Waals surface area (Å²) in [4.78, 5) is 13.7. The largest absolute Gasteiger partial charge is 0.468 e. The van der Waals surface area contributed by atoms with Gasteiger partial charge in [0, 0.05) is 28.7 Å². The number of hydrogen-bond acceptors (Lipinski definition) is 5. The lowest BCUT2D eigenvalue weighted by atomic mass is 9.63. The molecule has 1 heterocycles. The zero-order valence-electron chi connectivity index (χ0n) is 19.6. The molecule has 30 heavy (non-hydrogen) atoms. The average Bonchev–Trinajstić information content (AvgIpc) is 2.95. The van der Waals surface area contributed by atoms with Crippen LogP contribution in [0.2, 0.25) is 0 Å². The van der Waals surface area contributed by atoms with Gasteiger partial charge in [-0.3, -0.25) is 4.79 Å². The van der Waals surface area contributed by atoms with Crippen LogP contribution < -0.4 is 0 Å². The third-order valence-corrected chi connectivity index (χ3v) is 6.96. The molecule has 0 aromatic rings. The lowest BCUT2D eigenvalue weighted by molar-refractivity contribution is -0.135. The summed E-state index contributed by atoms with van der Waals surface area (Å²) in [6.45, 7) is 16.0. The highest BCUT2D eigenvalue weighted by molar-refractivity contribution is 6.02. The maximum atomic E-state index is 13.7. The summed E-state index contributed by atoms with van der Waals surface area (Å²) in [6.07, 6.45) is 4.44. The summed E-state index contributed by atoms with van der Waals surface area (Å²) >= 11 is 0. The van der Waals surface area contributed by atoms with Crippen molar-refractivity contribution in [3.8, 4) is 0 Å². The number of ether oxygens (including phenoxy) is 3. The van der Waals surface area contributed by atoms with Crippen molar-refractivity contribution in [2.45, 2.75) is 73.7 Å². The van der Waals surface area contributed by atoms with Gasteiger partial charge >= 0.3 is 0 Å². The fraction of sp³-hybridized carbons (Fsp3) is 0.720. The van der Waals surface area contributed by atoms with Gasteiger partial charge in [-0.1, -0.05) is 57.9 Å². The standard InChI is InChI=1S/C25H38O5/c1-15-10-16(2)25(7,17(3)11-15)21-20(30-23(27)24(4,5)6)13-18(22(21)26)12-19-14-28-8-9-29-19/h10-11,16,18-19,23,27H,8-9,12-14H2,1-7H3. The molecule has 0 bridgehead atoms. The van der Waals surface area contributed by atoms with Gasteiger partial charge in [0.1, 0.15) is 5.76 Å². The Morgan fingerprint density at radius 3 is 2.57 bits per heavy atom. The first-order valence-electron chi connectivity index (χ1n) is 11.1. The number of Topliss-reactive ketones (excluding diaryl/α,β-unsaturated/α-hetero) is 1. The van der Waals surface area contributed by atoms with Crippen molar-refractivity contribution in [2.24, 2.45) is 22.7 Å². The van der Waals surface area contributed by atoms with Crippen LogP contribution in [-0.2, 0) is 19.0 Å². The molecule has 1 aliphatic heterocycles. The topological polar surface area (TPSA) is 65.0 Å². The molecule has 1 saturated heterocycles. The molecule has 5 unspecified atom stereocenters. The van der Waals surface area contributed by atoms with Crippen LogP contribution in [0.25, 0.3) is 0 Å². The maximum Gasteiger partial charge on any atom is 0.201 e. The van der Waals surface area contributed by atoms with Crippen LogP contribution >= 0.6 is 0 Å². The maximum absolute atomic E-state index is 13.7. The Labute approximate surface area is 181 Å². The van der Waals surface area contributed by atoms with Gasteiger partial charge in [-0.25, -0.2) is 0 Å². The van der Waals surface area contributed by atoms with E-state index in [0.29, 0.717) is 38.4 Å². The van der Waals surface area contributed by atoms with Crippen molar-refractivity contribution in [2.75, 3.05) is 19.8 Å². The van der Waals surface area contributed by atoms with Crippen molar-refractivity contribution in [1.82, 2.24) is 0 Å². The van der Waals surface area contributed by atoms with Gasteiger partial charge in [-0.2, -0.15) is 0 Å². The van der Waals surface area contributed by atoms with E-state index in [2.05, 4.69) is 39.8 Å². The summed E-state index contributed by atoms with van der Waals surface area (Å²) in [7, 11) is 0. The van der Waals surface area contributed by atoms with E-state index >= 15 is 0 Å². The Morgan fingerprint density at radius 2 is 2.00 bits per heavy atom. The van der Waals surface area contributed by atoms with Crippen molar-refractivity contribution in [3.05, 3.63) is 34.6 Å². The van der Waals surface area contributed by atoms with E-state index in [9.17, 15) is 9.90 Å². The van der Waals surface area contributed by atoms with Crippen LogP contribution in [-0.4, -0.2) is 43.1 Å². The van der Waals surface area contributed by atoms with Gasteiger partial charge in [0.15, 0.2) is 5.78 Å². The second-order valence-corrected chi connectivity index (χ2v) is 10.4. The quantitative estimate of drug-likeness (QED) is 0.663. The Balaban J connectivity index is 1.95. The van der Waals surface area contributed by atoms with Crippen LogP contribution in [0.3, 0.4) is 0 Å². The minimum absolute atomic E-state index is 0.0730. The molecule has 0 aromatic heterocycles. The predicted molar refractivity (Wildman–Crippen MR) is 117 cm³/mol. The number of allylic oxidation sites excluding steroid dienone is 6. The van der Waals surface area contributed by atoms with E-state index in [-0.39, 0.29) is 23.7 Å². The second kappa shape index (κ2) is 8.60. The molecular formula is C25H38O5. The molecule has 5 atom stereocenters. The first-order chi connectivity index (χ1) is 13.9. The molecule has 0 aromatic carbocycles. The molecule has 3 rings (SSSR count). The van der Waals surface area contributed by atoms with Gasteiger partial charge in [0.2, 0.25) is 6.29 Å². The van der Waals surface area contributed by atoms with Crippen LogP contribution in [0.15, 0.2) is 34.6 Å². The third kappa shape index (κ3) is 4.44. The van der Waals surface area contributed by atoms with E-state index < -0.39 is 17.1 Å². The highest BCUT2D eigenvalue weighted by Crippen LogP contribution is 2.52. The SMILES string of the molecule is CC1=CC(C)C(C)(C2=C(OC(O)C(C)(C)C)CC(CC3COCCO3)C2=O)C(C)=C1. The molecule has 0 spiro atoms. The Kier molecular flexibility index (Phi) is 6.66. The molecule has 168 valence electrons. The van der Waals surface area contributed by atoms with Crippen molar-refractivity contribution < 1.29 is 24.1 Å². The van der Waals surface area contributed by atoms with E-state index in [4.69, 9.17) is 14.2 Å². The number of carbonyl (C=O) groups is 1. The lowest BCUT2D eigenvalue weighted by Gasteiger charge is -2.40. The van der Waals surface area contributed by atoms with E-state index in [1.54, 1.807) is 0 Å². The molecule has 2 aliphatic carbocycles. The van der Waals surface area contributed by atoms with Gasteiger partial charge in [-0.05, 0) is 26.2 Å². The van der Waals surface area contributed by atoms with Gasteiger partial charge in [0.05, 0.1) is 25.9 Å². The molecule has 5 heteroatoms. The molecule has 0 saturated carbocycles. The smallest absolute Gasteiger partial charge is 0.201 e. The number of aliphatic hydroxyl groups is 1. The minimum Gasteiger partial charge on any atom is -0.468 e. The fourth-order valence-corrected chi connectivity index (χ4v) is 4.79. The second-order valence-electron chi connectivity index (χ2n) is 10.4. The average molecular weight is 419 g/mol. The summed E-state index contributed by atoms with van der Waals surface area (Å²) in [5.41, 5.74) is 2.19. The number of carbonyl (C=O) groups excluding carboxylic acids is 1. The van der Waals surface area contributed by atoms with Crippen LogP contribution in [0, 0.1) is 22.7 Å². The van der Waals surface area contributed by atoms with Gasteiger partial charge < -0.3 is 19.3 Å². The van der Waals surface area contributed by atoms with Crippen LogP contribution in [0.4, 0.5) is 0 Å². The summed E-state index contributed by atoms with van der Waals surface area (Å²) < 4.78 is 17.5. The molecule has 5 nitrogen and oxygen atoms in total. The van der Waals surface area contributed by atoms with Crippen molar-refractivity contribution >= 4 is 5.78 Å². The normalized spacial score (nSPS) is 34.0. The van der Waals surface area contributed by atoms with Crippen molar-refractivity contribution in [3.63, 3.8) is 0 Å². The minimum atomic E-state index is -0.979. The molecule has 0 radical (unpaired) electrons. The molecule has 0 amide bonds. The first kappa shape index (κ1) is 23.2. The summed E-state index contributed by atoms with van der Waals surface area (Å²) in [6, 6.07) is 0. The molecular weight excluding hydrogens is 380 g/mol. The Bertz CT molecular complexity index is 763. The third-order valence-electron chi connectivity index (χ3n) is 6.96. The Morgan fingerprint density at radius 1 is 1.30 bits per heavy atom. The van der Waals surface area contributed by atoms with Crippen LogP contribution in [0.5, 0.6) is 0 Å². The number of rotatable bonds is 5. The van der Waals surface area contributed by atoms with E-state index in [1.807, 2.05) is 20.8 Å². The predicted octanol–water partition coefficient (Wildman–Crippen LogP) is 4.56. The van der Waals surface area contributed by atoms with E-state index in [1.165, 1.54) is 5.57 Å². The zero-order valence-corrected chi connectivity index (χ0v) is 19.6. The summed E-state index contributed by atoms with van der Waals surface area (Å²) in [5.74, 6) is 0.701. The Hall–Kier alpha value is -1.43. The molecule has 3 aliphatic rings. The fourth-order valence-electron chi connectivity index (χ4n) is 4.79. The number of aliphatic hydroxyl groups excluding tert-OH is 1. The van der Waals surface area contributed by atoms with E-state index in [0.717, 1.165) is 11.1 Å². The highest BCUT2D eigenvalue weighted by atomic mass is 16.6. The number of ketones is 1. The number of hydrogen-bond donors (Lipinski definition) is 1. The van der Waals surface area contributed by atoms with Crippen LogP contribution in [0.1, 0.15) is 61.3 Å². The highest BCUT2D eigenvalue weighted by Gasteiger charge is 2.49. The van der Waals surface area contributed by atoms with Crippen molar-refractivity contribution in [1.29, 1.82) is 0 Å². The lowest BCUT2D eigenvalue weighted by Crippen LogP contribution is -2.36. The molecule has 1 fully saturated rings. The van der Waals surface area contributed by atoms with Gasteiger partial charge in [0.25, 0.3) is 0 Å². The molecule has 1 N–H and O–H groups in total. The zero-order chi connectivity index (χ0) is 22.3. The monoisotopic (exact) mass is 418 g/mol. The van der Waals surface area contributed by atoms with Gasteiger partial charge in [-0.15, -0.1) is 0 Å². The summed E-state index contributed by atoms with van der Waals surface area (Å²) in [5, 5.41) is 10.7.